The molecule has 0 aliphatic heterocycles. The Kier molecular flexibility index (Phi) is 8.76. The Hall–Kier alpha value is -1.60. The lowest BCUT2D eigenvalue weighted by molar-refractivity contribution is -0.128. The molecule has 0 radical (unpaired) electrons. The summed E-state index contributed by atoms with van der Waals surface area (Å²) < 4.78 is 37.3. The summed E-state index contributed by atoms with van der Waals surface area (Å²) in [6.45, 7) is 2.28. The van der Waals surface area contributed by atoms with Crippen molar-refractivity contribution < 1.29 is 22.7 Å². The first-order valence-electron chi connectivity index (χ1n) is 9.13. The summed E-state index contributed by atoms with van der Waals surface area (Å²) in [6.07, 6.45) is 1.55. The van der Waals surface area contributed by atoms with Crippen molar-refractivity contribution in [3.8, 4) is 0 Å². The molecule has 0 fully saturated rings. The minimum atomic E-state index is -2.69. The molecular weight excluding hydrogens is 410 g/mol. The van der Waals surface area contributed by atoms with Crippen LogP contribution >= 0.6 is 23.4 Å². The predicted molar refractivity (Wildman–Crippen MR) is 108 cm³/mol. The van der Waals surface area contributed by atoms with Crippen LogP contribution in [0.25, 0.3) is 11.0 Å². The van der Waals surface area contributed by atoms with Gasteiger partial charge in [-0.3, -0.25) is 4.79 Å². The Morgan fingerprint density at radius 1 is 1.21 bits per heavy atom. The topological polar surface area (TPSA) is 56.5 Å². The van der Waals surface area contributed by atoms with E-state index in [1.165, 1.54) is 11.8 Å². The molecule has 0 saturated heterocycles. The van der Waals surface area contributed by atoms with Gasteiger partial charge in [-0.05, 0) is 62.1 Å². The van der Waals surface area contributed by atoms with Gasteiger partial charge in [-0.2, -0.15) is 0 Å². The molecule has 4 nitrogen and oxygen atoms in total. The van der Waals surface area contributed by atoms with E-state index < -0.39 is 11.5 Å². The van der Waals surface area contributed by atoms with Crippen LogP contribution in [0.15, 0.2) is 32.3 Å². The molecule has 1 aromatic carbocycles. The van der Waals surface area contributed by atoms with Gasteiger partial charge in [0, 0.05) is 23.1 Å². The van der Waals surface area contributed by atoms with Crippen molar-refractivity contribution in [2.75, 3.05) is 12.4 Å². The first-order chi connectivity index (χ1) is 13.3. The van der Waals surface area contributed by atoms with Crippen LogP contribution < -0.4 is 5.63 Å². The monoisotopic (exact) mass is 432 g/mol. The normalized spacial score (nSPS) is 11.7. The Bertz CT molecular complexity index is 854. The number of hydrogen-bond donors (Lipinski definition) is 0. The van der Waals surface area contributed by atoms with Gasteiger partial charge in [-0.25, -0.2) is 13.6 Å². The van der Waals surface area contributed by atoms with Gasteiger partial charge in [0.15, 0.2) is 0 Å². The quantitative estimate of drug-likeness (QED) is 0.178. The number of thioether (sulfide) groups is 1. The zero-order chi connectivity index (χ0) is 20.6. The second-order valence-corrected chi connectivity index (χ2v) is 8.12. The highest BCUT2D eigenvalue weighted by molar-refractivity contribution is 7.99. The number of carbonyl (C=O) groups excluding carboxylic acids is 1. The van der Waals surface area contributed by atoms with Crippen LogP contribution in [0.2, 0.25) is 5.02 Å². The molecule has 0 atom stereocenters. The molecule has 2 aromatic rings. The van der Waals surface area contributed by atoms with Gasteiger partial charge in [0.2, 0.25) is 5.92 Å². The first kappa shape index (κ1) is 22.7. The molecule has 2 rings (SSSR count). The lowest BCUT2D eigenvalue weighted by Crippen LogP contribution is -2.16. The summed E-state index contributed by atoms with van der Waals surface area (Å²) in [5.41, 5.74) is 0.597. The van der Waals surface area contributed by atoms with E-state index in [1.54, 1.807) is 13.0 Å². The summed E-state index contributed by atoms with van der Waals surface area (Å²) >= 11 is 7.45. The van der Waals surface area contributed by atoms with Crippen molar-refractivity contribution in [1.29, 1.82) is 0 Å². The number of ether oxygens (including phenoxy) is 1. The molecule has 0 unspecified atom stereocenters. The first-order valence-corrected chi connectivity index (χ1v) is 10.5. The van der Waals surface area contributed by atoms with E-state index in [-0.39, 0.29) is 24.5 Å². The Morgan fingerprint density at radius 3 is 2.64 bits per heavy atom. The van der Waals surface area contributed by atoms with E-state index in [9.17, 15) is 18.4 Å². The van der Waals surface area contributed by atoms with Crippen molar-refractivity contribution in [2.45, 2.75) is 56.3 Å². The van der Waals surface area contributed by atoms with Crippen molar-refractivity contribution in [2.24, 2.45) is 0 Å². The smallest absolute Gasteiger partial charge is 0.355 e. The van der Waals surface area contributed by atoms with Gasteiger partial charge in [0.25, 0.3) is 6.47 Å². The van der Waals surface area contributed by atoms with E-state index in [0.29, 0.717) is 49.1 Å². The summed E-state index contributed by atoms with van der Waals surface area (Å²) in [4.78, 5) is 22.6. The van der Waals surface area contributed by atoms with Gasteiger partial charge < -0.3 is 9.15 Å². The maximum atomic E-state index is 13.8. The molecule has 0 N–H and O–H groups in total. The molecule has 1 aromatic heterocycles. The molecule has 0 aliphatic carbocycles. The van der Waals surface area contributed by atoms with Crippen LogP contribution in [0.1, 0.15) is 44.1 Å². The average molecular weight is 433 g/mol. The van der Waals surface area contributed by atoms with Crippen LogP contribution in [0.3, 0.4) is 0 Å². The molecule has 8 heteroatoms. The zero-order valence-corrected chi connectivity index (χ0v) is 17.2. The second-order valence-electron chi connectivity index (χ2n) is 6.57. The van der Waals surface area contributed by atoms with Gasteiger partial charge in [0.05, 0.1) is 6.61 Å². The minimum Gasteiger partial charge on any atom is -0.468 e. The highest BCUT2D eigenvalue weighted by Crippen LogP contribution is 2.30. The molecular formula is C20H23ClF2O4S. The largest absolute Gasteiger partial charge is 0.468 e. The maximum Gasteiger partial charge on any atom is 0.355 e. The van der Waals surface area contributed by atoms with Gasteiger partial charge in [-0.15, -0.1) is 11.8 Å². The Morgan fingerprint density at radius 2 is 1.93 bits per heavy atom. The van der Waals surface area contributed by atoms with Crippen molar-refractivity contribution >= 4 is 40.8 Å². The van der Waals surface area contributed by atoms with Crippen LogP contribution in [0.5, 0.6) is 0 Å². The number of benzene rings is 1. The Labute approximate surface area is 171 Å². The fraction of sp³-hybridized carbons (Fsp3) is 0.500. The van der Waals surface area contributed by atoms with Gasteiger partial charge in [-0.1, -0.05) is 11.6 Å². The lowest BCUT2D eigenvalue weighted by Gasteiger charge is -2.15. The number of fused-ring (bicyclic) bond motifs is 1. The third-order valence-electron chi connectivity index (χ3n) is 4.40. The number of unbranched alkanes of at least 4 members (excludes halogenated alkanes) is 2. The molecule has 0 saturated carbocycles. The lowest BCUT2D eigenvalue weighted by atomic mass is 10.1. The minimum absolute atomic E-state index is 0.0881. The van der Waals surface area contributed by atoms with Gasteiger partial charge in [0.1, 0.15) is 10.6 Å². The number of hydrogen-bond acceptors (Lipinski definition) is 5. The molecule has 0 aliphatic rings. The highest BCUT2D eigenvalue weighted by Gasteiger charge is 2.27. The maximum absolute atomic E-state index is 13.8. The molecule has 0 amide bonds. The summed E-state index contributed by atoms with van der Waals surface area (Å²) in [7, 11) is 0. The number of halogens is 3. The number of aryl methyl sites for hydroxylation is 1. The number of carbonyl (C=O) groups is 1. The molecule has 0 bridgehead atoms. The van der Waals surface area contributed by atoms with Crippen molar-refractivity contribution in [3.63, 3.8) is 0 Å². The fourth-order valence-corrected chi connectivity index (χ4v) is 3.90. The summed E-state index contributed by atoms with van der Waals surface area (Å²) in [5.74, 6) is -1.99. The third kappa shape index (κ3) is 6.78. The second kappa shape index (κ2) is 10.8. The van der Waals surface area contributed by atoms with Crippen LogP contribution in [0, 0.1) is 6.92 Å². The zero-order valence-electron chi connectivity index (χ0n) is 15.6. The standard InChI is InChI=1S/C20H23ClF2O4S/c1-14-16-7-6-15(12-17(16)27-19(25)18(14)21)28-11-5-3-9-20(22,23)8-2-4-10-26-13-24/h6-7,12-13H,2-5,8-11H2,1H3. The van der Waals surface area contributed by atoms with E-state index in [2.05, 4.69) is 4.74 Å². The predicted octanol–water partition coefficient (Wildman–Crippen LogP) is 6.00. The molecule has 1 heterocycles. The molecule has 154 valence electrons. The van der Waals surface area contributed by atoms with Crippen LogP contribution in [-0.4, -0.2) is 24.8 Å². The molecule has 0 spiro atoms. The number of rotatable bonds is 12. The third-order valence-corrected chi connectivity index (χ3v) is 5.91. The highest BCUT2D eigenvalue weighted by atomic mass is 35.5. The average Bonchev–Trinajstić information content (AvgIpc) is 2.65. The van der Waals surface area contributed by atoms with E-state index in [4.69, 9.17) is 16.0 Å². The van der Waals surface area contributed by atoms with Crippen molar-refractivity contribution in [1.82, 2.24) is 0 Å². The summed E-state index contributed by atoms with van der Waals surface area (Å²) in [5, 5.41) is 0.872. The van der Waals surface area contributed by atoms with Crippen LogP contribution in [0.4, 0.5) is 8.78 Å². The van der Waals surface area contributed by atoms with Crippen molar-refractivity contribution in [3.05, 3.63) is 39.2 Å². The molecule has 28 heavy (non-hydrogen) atoms. The van der Waals surface area contributed by atoms with E-state index in [0.717, 1.165) is 10.3 Å². The van der Waals surface area contributed by atoms with E-state index >= 15 is 0 Å². The summed E-state index contributed by atoms with van der Waals surface area (Å²) in [6, 6.07) is 5.54. The Balaban J connectivity index is 1.75. The number of alkyl halides is 2. The SMILES string of the molecule is Cc1c(Cl)c(=O)oc2cc(SCCCCC(F)(F)CCCCOC=O)ccc12. The van der Waals surface area contributed by atoms with Gasteiger partial charge >= 0.3 is 5.63 Å². The van der Waals surface area contributed by atoms with Crippen LogP contribution in [-0.2, 0) is 9.53 Å². The van der Waals surface area contributed by atoms with E-state index in [1.807, 2.05) is 12.1 Å². The fourth-order valence-electron chi connectivity index (χ4n) is 2.82.